The summed E-state index contributed by atoms with van der Waals surface area (Å²) in [6.45, 7) is 0. The molecule has 0 saturated heterocycles. The molecule has 70 valence electrons. The van der Waals surface area contributed by atoms with Crippen LogP contribution in [-0.4, -0.2) is 16.7 Å². The van der Waals surface area contributed by atoms with Crippen LogP contribution >= 0.6 is 11.6 Å². The lowest BCUT2D eigenvalue weighted by atomic mass is 9.94. The highest BCUT2D eigenvalue weighted by Crippen LogP contribution is 2.29. The van der Waals surface area contributed by atoms with Crippen molar-refractivity contribution in [2.24, 2.45) is 0 Å². The van der Waals surface area contributed by atoms with Gasteiger partial charge in [0, 0.05) is 11.1 Å². The predicted molar refractivity (Wildman–Crippen MR) is 51.2 cm³/mol. The lowest BCUT2D eigenvalue weighted by Crippen LogP contribution is -2.21. The van der Waals surface area contributed by atoms with E-state index in [9.17, 15) is 14.7 Å². The van der Waals surface area contributed by atoms with Crippen LogP contribution in [0.25, 0.3) is 5.76 Å². The quantitative estimate of drug-likeness (QED) is 0.663. The molecule has 0 spiro atoms. The van der Waals surface area contributed by atoms with Crippen molar-refractivity contribution in [2.75, 3.05) is 0 Å². The monoisotopic (exact) mass is 208 g/mol. The molecular formula is C10H5ClO3. The summed E-state index contributed by atoms with van der Waals surface area (Å²) in [5.74, 6) is -1.86. The predicted octanol–water partition coefficient (Wildman–Crippen LogP) is 1.92. The zero-order valence-corrected chi connectivity index (χ0v) is 7.71. The number of allylic oxidation sites excluding steroid dienone is 1. The SMILES string of the molecule is O=C1C(=O)c2ccccc2C(O)=C1Cl. The molecule has 0 atom stereocenters. The summed E-state index contributed by atoms with van der Waals surface area (Å²) in [5, 5.41) is 9.08. The highest BCUT2D eigenvalue weighted by molar-refractivity contribution is 6.64. The van der Waals surface area contributed by atoms with Crippen LogP contribution in [0.2, 0.25) is 0 Å². The largest absolute Gasteiger partial charge is 0.506 e. The summed E-state index contributed by atoms with van der Waals surface area (Å²) in [6.07, 6.45) is 0. The summed E-state index contributed by atoms with van der Waals surface area (Å²) in [4.78, 5) is 22.6. The number of Topliss-reactive ketones (excluding diaryl/α,β-unsaturated/α-hetero) is 2. The average Bonchev–Trinajstić information content (AvgIpc) is 2.23. The Hall–Kier alpha value is -1.61. The second kappa shape index (κ2) is 2.96. The fraction of sp³-hybridized carbons (Fsp3) is 0. The van der Waals surface area contributed by atoms with Gasteiger partial charge in [0.2, 0.25) is 11.6 Å². The number of carbonyl (C=O) groups excluding carboxylic acids is 2. The van der Waals surface area contributed by atoms with E-state index in [0.29, 0.717) is 5.56 Å². The number of carbonyl (C=O) groups is 2. The fourth-order valence-corrected chi connectivity index (χ4v) is 1.52. The van der Waals surface area contributed by atoms with E-state index in [-0.39, 0.29) is 11.3 Å². The Bertz CT molecular complexity index is 474. The van der Waals surface area contributed by atoms with Gasteiger partial charge in [0.15, 0.2) is 0 Å². The number of aliphatic hydroxyl groups excluding tert-OH is 1. The maximum atomic E-state index is 11.4. The van der Waals surface area contributed by atoms with E-state index in [1.807, 2.05) is 0 Å². The molecule has 0 amide bonds. The van der Waals surface area contributed by atoms with Crippen LogP contribution in [0.1, 0.15) is 15.9 Å². The Kier molecular flexibility index (Phi) is 1.89. The zero-order valence-electron chi connectivity index (χ0n) is 6.95. The van der Waals surface area contributed by atoms with Gasteiger partial charge in [-0.3, -0.25) is 9.59 Å². The van der Waals surface area contributed by atoms with Gasteiger partial charge in [0.1, 0.15) is 10.8 Å². The molecule has 0 heterocycles. The van der Waals surface area contributed by atoms with Gasteiger partial charge in [0.25, 0.3) is 0 Å². The second-order valence-corrected chi connectivity index (χ2v) is 3.24. The van der Waals surface area contributed by atoms with Crippen LogP contribution < -0.4 is 0 Å². The van der Waals surface area contributed by atoms with Crippen LogP contribution in [0.5, 0.6) is 0 Å². The smallest absolute Gasteiger partial charge is 0.248 e. The van der Waals surface area contributed by atoms with E-state index in [1.165, 1.54) is 12.1 Å². The van der Waals surface area contributed by atoms with Crippen molar-refractivity contribution in [3.8, 4) is 0 Å². The van der Waals surface area contributed by atoms with Crippen molar-refractivity contribution < 1.29 is 14.7 Å². The van der Waals surface area contributed by atoms with Crippen molar-refractivity contribution in [3.63, 3.8) is 0 Å². The first-order valence-electron chi connectivity index (χ1n) is 3.90. The minimum absolute atomic E-state index is 0.194. The molecule has 3 nitrogen and oxygen atoms in total. The lowest BCUT2D eigenvalue weighted by molar-refractivity contribution is -0.111. The van der Waals surface area contributed by atoms with Crippen molar-refractivity contribution >= 4 is 28.9 Å². The first-order chi connectivity index (χ1) is 6.63. The lowest BCUT2D eigenvalue weighted by Gasteiger charge is -2.13. The molecule has 2 rings (SSSR count). The molecule has 1 N–H and O–H groups in total. The number of fused-ring (bicyclic) bond motifs is 1. The normalized spacial score (nSPS) is 15.8. The van der Waals surface area contributed by atoms with Crippen LogP contribution in [0.15, 0.2) is 29.3 Å². The van der Waals surface area contributed by atoms with Gasteiger partial charge in [-0.15, -0.1) is 0 Å². The third-order valence-corrected chi connectivity index (χ3v) is 2.39. The first-order valence-corrected chi connectivity index (χ1v) is 4.28. The molecule has 0 saturated carbocycles. The van der Waals surface area contributed by atoms with E-state index >= 15 is 0 Å². The molecule has 0 unspecified atom stereocenters. The third-order valence-electron chi connectivity index (χ3n) is 2.04. The Morgan fingerprint density at radius 2 is 1.57 bits per heavy atom. The Morgan fingerprint density at radius 1 is 1.00 bits per heavy atom. The van der Waals surface area contributed by atoms with Gasteiger partial charge in [-0.2, -0.15) is 0 Å². The molecule has 1 aromatic rings. The van der Waals surface area contributed by atoms with E-state index in [4.69, 9.17) is 11.6 Å². The number of benzene rings is 1. The van der Waals surface area contributed by atoms with Crippen molar-refractivity contribution in [1.82, 2.24) is 0 Å². The summed E-state index contributed by atoms with van der Waals surface area (Å²) >= 11 is 5.50. The standard InChI is InChI=1S/C10H5ClO3/c11-7-8(12)5-3-1-2-4-6(5)9(13)10(7)14/h1-4,12H. The van der Waals surface area contributed by atoms with Gasteiger partial charge < -0.3 is 5.11 Å². The maximum Gasteiger partial charge on any atom is 0.248 e. The molecule has 0 radical (unpaired) electrons. The second-order valence-electron chi connectivity index (χ2n) is 2.87. The molecule has 14 heavy (non-hydrogen) atoms. The summed E-state index contributed by atoms with van der Waals surface area (Å²) in [5.41, 5.74) is 0.501. The molecule has 0 fully saturated rings. The van der Waals surface area contributed by atoms with E-state index in [0.717, 1.165) is 0 Å². The number of hydrogen-bond donors (Lipinski definition) is 1. The Morgan fingerprint density at radius 3 is 2.21 bits per heavy atom. The van der Waals surface area contributed by atoms with Crippen LogP contribution in [-0.2, 0) is 4.79 Å². The van der Waals surface area contributed by atoms with Crippen molar-refractivity contribution in [1.29, 1.82) is 0 Å². The topological polar surface area (TPSA) is 54.4 Å². The number of ketones is 2. The number of hydrogen-bond acceptors (Lipinski definition) is 3. The summed E-state index contributed by atoms with van der Waals surface area (Å²) in [6, 6.07) is 6.30. The molecule has 4 heteroatoms. The minimum Gasteiger partial charge on any atom is -0.506 e. The average molecular weight is 209 g/mol. The number of halogens is 1. The highest BCUT2D eigenvalue weighted by atomic mass is 35.5. The molecule has 0 aliphatic heterocycles. The molecular weight excluding hydrogens is 204 g/mol. The van der Waals surface area contributed by atoms with E-state index in [1.54, 1.807) is 12.1 Å². The van der Waals surface area contributed by atoms with Crippen LogP contribution in [0.4, 0.5) is 0 Å². The van der Waals surface area contributed by atoms with Gasteiger partial charge in [-0.25, -0.2) is 0 Å². The van der Waals surface area contributed by atoms with Gasteiger partial charge >= 0.3 is 0 Å². The zero-order chi connectivity index (χ0) is 10.3. The Labute approximate surface area is 84.6 Å². The maximum absolute atomic E-state index is 11.4. The van der Waals surface area contributed by atoms with Gasteiger partial charge in [0.05, 0.1) is 0 Å². The molecule has 1 aromatic carbocycles. The van der Waals surface area contributed by atoms with Gasteiger partial charge in [-0.05, 0) is 0 Å². The van der Waals surface area contributed by atoms with E-state index in [2.05, 4.69) is 0 Å². The first kappa shape index (κ1) is 8.97. The van der Waals surface area contributed by atoms with Crippen molar-refractivity contribution in [2.45, 2.75) is 0 Å². The third kappa shape index (κ3) is 1.06. The number of rotatable bonds is 0. The molecule has 1 aliphatic rings. The summed E-state index contributed by atoms with van der Waals surface area (Å²) in [7, 11) is 0. The van der Waals surface area contributed by atoms with E-state index < -0.39 is 16.6 Å². The number of aliphatic hydroxyl groups is 1. The summed E-state index contributed by atoms with van der Waals surface area (Å²) < 4.78 is 0. The fourth-order valence-electron chi connectivity index (χ4n) is 1.34. The van der Waals surface area contributed by atoms with Crippen molar-refractivity contribution in [3.05, 3.63) is 40.4 Å². The van der Waals surface area contributed by atoms with Gasteiger partial charge in [-0.1, -0.05) is 35.9 Å². The highest BCUT2D eigenvalue weighted by Gasteiger charge is 2.31. The van der Waals surface area contributed by atoms with Crippen LogP contribution in [0.3, 0.4) is 0 Å². The minimum atomic E-state index is -0.858. The van der Waals surface area contributed by atoms with Crippen LogP contribution in [0, 0.1) is 0 Å². The molecule has 0 aromatic heterocycles. The molecule has 1 aliphatic carbocycles. The Balaban J connectivity index is 2.78. The molecule has 0 bridgehead atoms.